The number of aromatic nitrogens is 2. The molecule has 1 aliphatic rings. The second kappa shape index (κ2) is 5.72. The lowest BCUT2D eigenvalue weighted by Gasteiger charge is -2.28. The fourth-order valence-electron chi connectivity index (χ4n) is 3.01. The van der Waals surface area contributed by atoms with Gasteiger partial charge in [-0.1, -0.05) is 12.1 Å². The van der Waals surface area contributed by atoms with Crippen LogP contribution in [-0.4, -0.2) is 22.3 Å². The standard InChI is InChI=1S/C18H23N3O2/c1-5-23-13-8-6-7-12(9-13)14-10-16(22)20-17-15(14)11-19-21(17)18(2,3)4/h6-9,11,14H,5,10H2,1-4H3,(H,20,22)/t14-/m0/s1. The van der Waals surface area contributed by atoms with Gasteiger partial charge in [0, 0.05) is 17.9 Å². The highest BCUT2D eigenvalue weighted by Gasteiger charge is 2.32. The van der Waals surface area contributed by atoms with Gasteiger partial charge in [-0.3, -0.25) is 4.79 Å². The predicted octanol–water partition coefficient (Wildman–Crippen LogP) is 3.51. The minimum absolute atomic E-state index is 0.00950. The quantitative estimate of drug-likeness (QED) is 0.943. The van der Waals surface area contributed by atoms with Gasteiger partial charge in [0.05, 0.1) is 18.3 Å². The lowest BCUT2D eigenvalue weighted by molar-refractivity contribution is -0.116. The van der Waals surface area contributed by atoms with Crippen molar-refractivity contribution in [2.75, 3.05) is 11.9 Å². The Bertz CT molecular complexity index is 728. The maximum atomic E-state index is 12.2. The molecule has 3 rings (SSSR count). The van der Waals surface area contributed by atoms with Crippen molar-refractivity contribution in [3.63, 3.8) is 0 Å². The van der Waals surface area contributed by atoms with Crippen LogP contribution >= 0.6 is 0 Å². The van der Waals surface area contributed by atoms with Crippen LogP contribution in [0.4, 0.5) is 5.82 Å². The van der Waals surface area contributed by atoms with E-state index in [1.54, 1.807) is 0 Å². The van der Waals surface area contributed by atoms with Crippen LogP contribution in [-0.2, 0) is 10.3 Å². The summed E-state index contributed by atoms with van der Waals surface area (Å²) in [5, 5.41) is 7.49. The van der Waals surface area contributed by atoms with E-state index >= 15 is 0 Å². The van der Waals surface area contributed by atoms with Crippen LogP contribution < -0.4 is 10.1 Å². The van der Waals surface area contributed by atoms with Crippen molar-refractivity contribution in [3.05, 3.63) is 41.6 Å². The largest absolute Gasteiger partial charge is 0.494 e. The average Bonchev–Trinajstić information content (AvgIpc) is 2.90. The van der Waals surface area contributed by atoms with E-state index in [2.05, 4.69) is 31.2 Å². The molecule has 1 aromatic carbocycles. The third kappa shape index (κ3) is 2.96. The van der Waals surface area contributed by atoms with Crippen molar-refractivity contribution in [1.29, 1.82) is 0 Å². The summed E-state index contributed by atoms with van der Waals surface area (Å²) in [6.07, 6.45) is 2.30. The smallest absolute Gasteiger partial charge is 0.226 e. The van der Waals surface area contributed by atoms with Gasteiger partial charge in [0.15, 0.2) is 0 Å². The number of hydrogen-bond donors (Lipinski definition) is 1. The molecule has 23 heavy (non-hydrogen) atoms. The van der Waals surface area contributed by atoms with Crippen molar-refractivity contribution in [2.24, 2.45) is 0 Å². The Balaban J connectivity index is 2.04. The van der Waals surface area contributed by atoms with Gasteiger partial charge < -0.3 is 10.1 Å². The molecule has 0 bridgehead atoms. The predicted molar refractivity (Wildman–Crippen MR) is 89.9 cm³/mol. The number of fused-ring (bicyclic) bond motifs is 1. The van der Waals surface area contributed by atoms with Gasteiger partial charge in [0.25, 0.3) is 0 Å². The normalized spacial score (nSPS) is 17.6. The SMILES string of the molecule is CCOc1cccc([C@@H]2CC(=O)Nc3c2cnn3C(C)(C)C)c1. The Morgan fingerprint density at radius 2 is 2.17 bits per heavy atom. The van der Waals surface area contributed by atoms with Crippen molar-refractivity contribution in [2.45, 2.75) is 45.6 Å². The number of hydrogen-bond acceptors (Lipinski definition) is 3. The summed E-state index contributed by atoms with van der Waals surface area (Å²) >= 11 is 0. The van der Waals surface area contributed by atoms with E-state index in [-0.39, 0.29) is 17.4 Å². The lowest BCUT2D eigenvalue weighted by Crippen LogP contribution is -2.30. The van der Waals surface area contributed by atoms with Gasteiger partial charge in [0.2, 0.25) is 5.91 Å². The van der Waals surface area contributed by atoms with Crippen LogP contribution in [0.15, 0.2) is 30.5 Å². The van der Waals surface area contributed by atoms with E-state index in [0.29, 0.717) is 13.0 Å². The van der Waals surface area contributed by atoms with Gasteiger partial charge in [-0.25, -0.2) is 4.68 Å². The molecule has 5 heteroatoms. The zero-order valence-corrected chi connectivity index (χ0v) is 14.1. The maximum Gasteiger partial charge on any atom is 0.226 e. The zero-order chi connectivity index (χ0) is 16.6. The maximum absolute atomic E-state index is 12.2. The second-order valence-corrected chi connectivity index (χ2v) is 6.84. The summed E-state index contributed by atoms with van der Waals surface area (Å²) in [5.41, 5.74) is 1.96. The van der Waals surface area contributed by atoms with E-state index in [1.807, 2.05) is 42.1 Å². The highest BCUT2D eigenvalue weighted by atomic mass is 16.5. The molecule has 5 nitrogen and oxygen atoms in total. The summed E-state index contributed by atoms with van der Waals surface area (Å²) in [4.78, 5) is 12.2. The Kier molecular flexibility index (Phi) is 3.88. The second-order valence-electron chi connectivity index (χ2n) is 6.84. The fraction of sp³-hybridized carbons (Fsp3) is 0.444. The Labute approximate surface area is 136 Å². The molecule has 1 aromatic heterocycles. The van der Waals surface area contributed by atoms with E-state index in [1.165, 1.54) is 0 Å². The number of carbonyl (C=O) groups is 1. The van der Waals surface area contributed by atoms with Crippen molar-refractivity contribution in [1.82, 2.24) is 9.78 Å². The monoisotopic (exact) mass is 313 g/mol. The Morgan fingerprint density at radius 1 is 1.39 bits per heavy atom. The summed E-state index contributed by atoms with van der Waals surface area (Å²) < 4.78 is 7.48. The van der Waals surface area contributed by atoms with Crippen LogP contribution in [0.1, 0.15) is 51.2 Å². The summed E-state index contributed by atoms with van der Waals surface area (Å²) in [6, 6.07) is 7.98. The van der Waals surface area contributed by atoms with E-state index in [0.717, 1.165) is 22.7 Å². The molecule has 1 amide bonds. The number of ether oxygens (including phenoxy) is 1. The van der Waals surface area contributed by atoms with Gasteiger partial charge in [-0.15, -0.1) is 0 Å². The first-order valence-corrected chi connectivity index (χ1v) is 8.01. The number of nitrogens with zero attached hydrogens (tertiary/aromatic N) is 2. The Morgan fingerprint density at radius 3 is 2.87 bits per heavy atom. The van der Waals surface area contributed by atoms with Gasteiger partial charge in [-0.05, 0) is 45.4 Å². The Hall–Kier alpha value is -2.30. The topological polar surface area (TPSA) is 56.1 Å². The molecule has 1 N–H and O–H groups in total. The summed E-state index contributed by atoms with van der Waals surface area (Å²) in [6.45, 7) is 8.82. The lowest BCUT2D eigenvalue weighted by atomic mass is 9.87. The molecule has 1 aliphatic heterocycles. The third-order valence-corrected chi connectivity index (χ3v) is 4.03. The number of nitrogens with one attached hydrogen (secondary N) is 1. The van der Waals surface area contributed by atoms with Crippen LogP contribution in [0, 0.1) is 0 Å². The molecule has 0 saturated carbocycles. The molecule has 0 unspecified atom stereocenters. The van der Waals surface area contributed by atoms with Crippen LogP contribution in [0.5, 0.6) is 5.75 Å². The molecule has 1 atom stereocenters. The molecule has 0 spiro atoms. The van der Waals surface area contributed by atoms with Gasteiger partial charge >= 0.3 is 0 Å². The van der Waals surface area contributed by atoms with Crippen LogP contribution in [0.25, 0.3) is 0 Å². The van der Waals surface area contributed by atoms with Crippen molar-refractivity contribution < 1.29 is 9.53 Å². The minimum atomic E-state index is -0.185. The highest BCUT2D eigenvalue weighted by Crippen LogP contribution is 2.39. The summed E-state index contributed by atoms with van der Waals surface area (Å²) in [5.74, 6) is 1.67. The molecule has 0 fully saturated rings. The minimum Gasteiger partial charge on any atom is -0.494 e. The molecule has 0 saturated heterocycles. The molecule has 122 valence electrons. The van der Waals surface area contributed by atoms with Gasteiger partial charge in [-0.2, -0.15) is 5.10 Å². The zero-order valence-electron chi connectivity index (χ0n) is 14.1. The fourth-order valence-corrected chi connectivity index (χ4v) is 3.01. The van der Waals surface area contributed by atoms with Gasteiger partial charge in [0.1, 0.15) is 11.6 Å². The number of benzene rings is 1. The number of amides is 1. The van der Waals surface area contributed by atoms with Crippen molar-refractivity contribution >= 4 is 11.7 Å². The molecular weight excluding hydrogens is 290 g/mol. The van der Waals surface area contributed by atoms with E-state index in [9.17, 15) is 4.79 Å². The first kappa shape index (κ1) is 15.6. The number of carbonyl (C=O) groups excluding carboxylic acids is 1. The van der Waals surface area contributed by atoms with E-state index < -0.39 is 0 Å². The molecule has 0 radical (unpaired) electrons. The third-order valence-electron chi connectivity index (χ3n) is 4.03. The first-order valence-electron chi connectivity index (χ1n) is 8.01. The molecule has 0 aliphatic carbocycles. The highest BCUT2D eigenvalue weighted by molar-refractivity contribution is 5.94. The number of rotatable bonds is 3. The summed E-state index contributed by atoms with van der Waals surface area (Å²) in [7, 11) is 0. The van der Waals surface area contributed by atoms with Crippen molar-refractivity contribution in [3.8, 4) is 5.75 Å². The molecular formula is C18H23N3O2. The first-order chi connectivity index (χ1) is 10.9. The van der Waals surface area contributed by atoms with E-state index in [4.69, 9.17) is 4.74 Å². The molecule has 2 aromatic rings. The molecule has 2 heterocycles. The average molecular weight is 313 g/mol. The van der Waals surface area contributed by atoms with Crippen LogP contribution in [0.2, 0.25) is 0 Å². The number of anilines is 1. The van der Waals surface area contributed by atoms with Crippen LogP contribution in [0.3, 0.4) is 0 Å².